The van der Waals surface area contributed by atoms with E-state index in [0.717, 1.165) is 11.3 Å². The van der Waals surface area contributed by atoms with Gasteiger partial charge in [-0.2, -0.15) is 0 Å². The zero-order valence-electron chi connectivity index (χ0n) is 12.8. The van der Waals surface area contributed by atoms with Crippen molar-refractivity contribution in [3.8, 4) is 17.1 Å². The highest BCUT2D eigenvalue weighted by atomic mass is 16.5. The molecule has 4 heteroatoms. The lowest BCUT2D eigenvalue weighted by molar-refractivity contribution is 0.399. The van der Waals surface area contributed by atoms with Gasteiger partial charge >= 0.3 is 0 Å². The molecule has 0 atom stereocenters. The zero-order chi connectivity index (χ0) is 15.7. The number of nitrogens with zero attached hydrogens (tertiary/aromatic N) is 1. The lowest BCUT2D eigenvalue weighted by Gasteiger charge is -2.14. The molecule has 0 aliphatic carbocycles. The summed E-state index contributed by atoms with van der Waals surface area (Å²) in [7, 11) is 5.38. The van der Waals surface area contributed by atoms with E-state index in [9.17, 15) is 4.79 Å². The fourth-order valence-electron chi connectivity index (χ4n) is 2.41. The van der Waals surface area contributed by atoms with E-state index < -0.39 is 0 Å². The van der Waals surface area contributed by atoms with Crippen molar-refractivity contribution in [2.75, 3.05) is 26.1 Å². The average molecular weight is 295 g/mol. The third kappa shape index (κ3) is 2.33. The minimum absolute atomic E-state index is 0.159. The number of methoxy groups -OCH3 is 1. The Balaban J connectivity index is 2.34. The number of ether oxygens (including phenoxy) is 1. The van der Waals surface area contributed by atoms with Crippen LogP contribution in [0, 0.1) is 0 Å². The predicted octanol–water partition coefficient (Wildman–Crippen LogP) is 3.53. The molecule has 3 rings (SSSR count). The van der Waals surface area contributed by atoms with Gasteiger partial charge in [0.1, 0.15) is 5.58 Å². The van der Waals surface area contributed by atoms with Gasteiger partial charge in [-0.05, 0) is 12.1 Å². The molecule has 0 spiro atoms. The van der Waals surface area contributed by atoms with Gasteiger partial charge in [0.25, 0.3) is 0 Å². The maximum Gasteiger partial charge on any atom is 0.235 e. The second kappa shape index (κ2) is 5.56. The molecule has 0 saturated heterocycles. The van der Waals surface area contributed by atoms with Crippen molar-refractivity contribution >= 4 is 16.7 Å². The van der Waals surface area contributed by atoms with E-state index in [2.05, 4.69) is 0 Å². The van der Waals surface area contributed by atoms with E-state index in [1.807, 2.05) is 61.5 Å². The molecular formula is C18H17NO3. The summed E-state index contributed by atoms with van der Waals surface area (Å²) < 4.78 is 11.3. The Bertz CT molecular complexity index is 867. The molecule has 0 radical (unpaired) electrons. The minimum Gasteiger partial charge on any atom is -0.490 e. The van der Waals surface area contributed by atoms with E-state index in [0.29, 0.717) is 16.7 Å². The first kappa shape index (κ1) is 14.2. The maximum atomic E-state index is 12.6. The molecule has 0 N–H and O–H groups in total. The van der Waals surface area contributed by atoms with Crippen LogP contribution in [-0.4, -0.2) is 21.2 Å². The van der Waals surface area contributed by atoms with Crippen molar-refractivity contribution in [1.29, 1.82) is 0 Å². The van der Waals surface area contributed by atoms with Crippen LogP contribution >= 0.6 is 0 Å². The van der Waals surface area contributed by atoms with E-state index in [-0.39, 0.29) is 11.2 Å². The highest BCUT2D eigenvalue weighted by molar-refractivity contribution is 5.84. The third-order valence-corrected chi connectivity index (χ3v) is 3.59. The first-order chi connectivity index (χ1) is 10.6. The smallest absolute Gasteiger partial charge is 0.235 e. The lowest BCUT2D eigenvalue weighted by atomic mass is 10.1. The van der Waals surface area contributed by atoms with Crippen LogP contribution in [0.1, 0.15) is 0 Å². The summed E-state index contributed by atoms with van der Waals surface area (Å²) >= 11 is 0. The monoisotopic (exact) mass is 295 g/mol. The Morgan fingerprint density at radius 3 is 2.41 bits per heavy atom. The summed E-state index contributed by atoms with van der Waals surface area (Å²) in [5.74, 6) is 0.688. The highest BCUT2D eigenvalue weighted by Crippen LogP contribution is 2.31. The standard InChI is InChI=1S/C18H17NO3/c1-19(2)13-9-10-14-15(11-13)22-17(18(21-3)16(14)20)12-7-5-4-6-8-12/h4-11H,1-3H3. The largest absolute Gasteiger partial charge is 0.490 e. The Kier molecular flexibility index (Phi) is 3.59. The minimum atomic E-state index is -0.159. The average Bonchev–Trinajstić information content (AvgIpc) is 2.55. The predicted molar refractivity (Wildman–Crippen MR) is 88.8 cm³/mol. The Hall–Kier alpha value is -2.75. The van der Waals surface area contributed by atoms with Crippen LogP contribution in [0.3, 0.4) is 0 Å². The quantitative estimate of drug-likeness (QED) is 0.741. The molecular weight excluding hydrogens is 278 g/mol. The molecule has 0 saturated carbocycles. The Morgan fingerprint density at radius 1 is 1.05 bits per heavy atom. The summed E-state index contributed by atoms with van der Waals surface area (Å²) in [5.41, 5.74) is 2.18. The molecule has 2 aromatic carbocycles. The SMILES string of the molecule is COc1c(-c2ccccc2)oc2cc(N(C)C)ccc2c1=O. The van der Waals surface area contributed by atoms with Crippen molar-refractivity contribution < 1.29 is 9.15 Å². The summed E-state index contributed by atoms with van der Waals surface area (Å²) in [6.45, 7) is 0. The van der Waals surface area contributed by atoms with Gasteiger partial charge < -0.3 is 14.1 Å². The summed E-state index contributed by atoms with van der Waals surface area (Å²) in [6.07, 6.45) is 0. The van der Waals surface area contributed by atoms with Crippen molar-refractivity contribution in [3.63, 3.8) is 0 Å². The molecule has 22 heavy (non-hydrogen) atoms. The van der Waals surface area contributed by atoms with Gasteiger partial charge in [-0.25, -0.2) is 0 Å². The van der Waals surface area contributed by atoms with Gasteiger partial charge in [-0.15, -0.1) is 0 Å². The van der Waals surface area contributed by atoms with Gasteiger partial charge in [0, 0.05) is 31.4 Å². The van der Waals surface area contributed by atoms with Gasteiger partial charge in [0.05, 0.1) is 12.5 Å². The van der Waals surface area contributed by atoms with Crippen LogP contribution in [0.5, 0.6) is 5.75 Å². The highest BCUT2D eigenvalue weighted by Gasteiger charge is 2.17. The van der Waals surface area contributed by atoms with Gasteiger partial charge in [0.2, 0.25) is 11.2 Å². The van der Waals surface area contributed by atoms with Crippen molar-refractivity contribution in [3.05, 3.63) is 58.8 Å². The van der Waals surface area contributed by atoms with Crippen molar-refractivity contribution in [2.45, 2.75) is 0 Å². The molecule has 112 valence electrons. The van der Waals surface area contributed by atoms with Gasteiger partial charge in [-0.1, -0.05) is 30.3 Å². The zero-order valence-corrected chi connectivity index (χ0v) is 12.8. The maximum absolute atomic E-state index is 12.6. The van der Waals surface area contributed by atoms with Gasteiger partial charge in [0.15, 0.2) is 5.76 Å². The molecule has 4 nitrogen and oxygen atoms in total. The fraction of sp³-hybridized carbons (Fsp3) is 0.167. The van der Waals surface area contributed by atoms with Crippen LogP contribution in [-0.2, 0) is 0 Å². The summed E-state index contributed by atoms with van der Waals surface area (Å²) in [4.78, 5) is 14.6. The number of hydrogen-bond donors (Lipinski definition) is 0. The van der Waals surface area contributed by atoms with Crippen molar-refractivity contribution in [2.24, 2.45) is 0 Å². The molecule has 0 fully saturated rings. The molecule has 0 bridgehead atoms. The normalized spacial score (nSPS) is 10.7. The number of benzene rings is 2. The van der Waals surface area contributed by atoms with E-state index >= 15 is 0 Å². The van der Waals surface area contributed by atoms with E-state index in [1.54, 1.807) is 6.07 Å². The first-order valence-corrected chi connectivity index (χ1v) is 6.99. The number of hydrogen-bond acceptors (Lipinski definition) is 4. The third-order valence-electron chi connectivity index (χ3n) is 3.59. The molecule has 0 aliphatic rings. The van der Waals surface area contributed by atoms with Gasteiger partial charge in [-0.3, -0.25) is 4.79 Å². The van der Waals surface area contributed by atoms with Crippen LogP contribution in [0.4, 0.5) is 5.69 Å². The lowest BCUT2D eigenvalue weighted by Crippen LogP contribution is -2.10. The van der Waals surface area contributed by atoms with Crippen LogP contribution < -0.4 is 15.1 Å². The van der Waals surface area contributed by atoms with E-state index in [4.69, 9.17) is 9.15 Å². The van der Waals surface area contributed by atoms with Crippen LogP contribution in [0.25, 0.3) is 22.3 Å². The van der Waals surface area contributed by atoms with Crippen molar-refractivity contribution in [1.82, 2.24) is 0 Å². The fourth-order valence-corrected chi connectivity index (χ4v) is 2.41. The number of fused-ring (bicyclic) bond motifs is 1. The first-order valence-electron chi connectivity index (χ1n) is 6.99. The summed E-state index contributed by atoms with van der Waals surface area (Å²) in [5, 5.41) is 0.516. The molecule has 1 aromatic heterocycles. The molecule has 0 unspecified atom stereocenters. The molecule has 0 amide bonds. The molecule has 3 aromatic rings. The topological polar surface area (TPSA) is 42.7 Å². The Labute approximate surface area is 128 Å². The summed E-state index contributed by atoms with van der Waals surface area (Å²) in [6, 6.07) is 15.0. The van der Waals surface area contributed by atoms with Crippen LogP contribution in [0.15, 0.2) is 57.7 Å². The second-order valence-electron chi connectivity index (χ2n) is 5.23. The second-order valence-corrected chi connectivity index (χ2v) is 5.23. The number of anilines is 1. The number of rotatable bonds is 3. The molecule has 1 heterocycles. The molecule has 0 aliphatic heterocycles. The Morgan fingerprint density at radius 2 is 1.77 bits per heavy atom. The van der Waals surface area contributed by atoms with E-state index in [1.165, 1.54) is 7.11 Å². The van der Waals surface area contributed by atoms with Crippen LogP contribution in [0.2, 0.25) is 0 Å².